The zero-order valence-corrected chi connectivity index (χ0v) is 22.3. The van der Waals surface area contributed by atoms with Crippen LogP contribution in [0.4, 0.5) is 26.3 Å². The summed E-state index contributed by atoms with van der Waals surface area (Å²) >= 11 is 14.7. The Hall–Kier alpha value is -1.74. The van der Waals surface area contributed by atoms with Gasteiger partial charge in [-0.2, -0.15) is 26.3 Å². The van der Waals surface area contributed by atoms with Gasteiger partial charge in [0.15, 0.2) is 0 Å². The van der Waals surface area contributed by atoms with E-state index in [9.17, 15) is 8.78 Å². The molecule has 37 heavy (non-hydrogen) atoms. The highest BCUT2D eigenvalue weighted by atomic mass is 35.5. The smallest absolute Gasteiger partial charge is 0.194 e. The number of benzene rings is 2. The van der Waals surface area contributed by atoms with E-state index in [0.717, 1.165) is 0 Å². The highest BCUT2D eigenvalue weighted by Gasteiger charge is 2.84. The molecule has 0 saturated heterocycles. The first-order valence-electron chi connectivity index (χ1n) is 11.1. The van der Waals surface area contributed by atoms with Crippen molar-refractivity contribution in [2.24, 2.45) is 0 Å². The molecule has 0 amide bonds. The van der Waals surface area contributed by atoms with E-state index in [4.69, 9.17) is 23.2 Å². The van der Waals surface area contributed by atoms with E-state index >= 15 is 17.6 Å². The fourth-order valence-corrected chi connectivity index (χ4v) is 8.98. The maximum atomic E-state index is 15.4. The molecule has 1 fully saturated rings. The molecule has 2 aliphatic heterocycles. The van der Waals surface area contributed by atoms with Crippen LogP contribution in [0.15, 0.2) is 83.0 Å². The van der Waals surface area contributed by atoms with Crippen molar-refractivity contribution in [3.05, 3.63) is 104 Å². The van der Waals surface area contributed by atoms with Gasteiger partial charge in [-0.1, -0.05) is 47.5 Å². The normalized spacial score (nSPS) is 30.6. The van der Waals surface area contributed by atoms with Crippen LogP contribution in [0.25, 0.3) is 9.81 Å². The first-order chi connectivity index (χ1) is 17.1. The molecule has 2 heterocycles. The molecule has 0 radical (unpaired) electrons. The van der Waals surface area contributed by atoms with Gasteiger partial charge in [-0.15, -0.1) is 23.5 Å². The van der Waals surface area contributed by atoms with Crippen LogP contribution in [-0.4, -0.2) is 27.3 Å². The summed E-state index contributed by atoms with van der Waals surface area (Å²) in [5.41, 5.74) is -1.84. The van der Waals surface area contributed by atoms with Crippen LogP contribution in [0.2, 0.25) is 10.0 Å². The zero-order valence-electron chi connectivity index (χ0n) is 19.1. The number of halogens is 8. The summed E-state index contributed by atoms with van der Waals surface area (Å²) < 4.78 is 88.7. The van der Waals surface area contributed by atoms with E-state index in [-0.39, 0.29) is 11.1 Å². The monoisotopic (exact) mass is 588 g/mol. The molecule has 6 rings (SSSR count). The van der Waals surface area contributed by atoms with Gasteiger partial charge in [-0.05, 0) is 72.5 Å². The lowest BCUT2D eigenvalue weighted by atomic mass is 9.71. The Labute approximate surface area is 227 Å². The van der Waals surface area contributed by atoms with E-state index in [1.165, 1.54) is 35.7 Å². The Morgan fingerprint density at radius 1 is 0.622 bits per heavy atom. The van der Waals surface area contributed by atoms with Crippen molar-refractivity contribution in [1.29, 1.82) is 0 Å². The number of fused-ring (bicyclic) bond motifs is 4. The first kappa shape index (κ1) is 25.5. The summed E-state index contributed by atoms with van der Waals surface area (Å²) in [5.74, 6) is -15.7. The molecule has 2 atom stereocenters. The van der Waals surface area contributed by atoms with Crippen LogP contribution < -0.4 is 0 Å². The molecule has 2 unspecified atom stereocenters. The third kappa shape index (κ3) is 3.10. The Bertz CT molecular complexity index is 1410. The van der Waals surface area contributed by atoms with Gasteiger partial charge in [0, 0.05) is 31.0 Å². The molecule has 2 aromatic rings. The molecular weight excluding hydrogens is 573 g/mol. The van der Waals surface area contributed by atoms with Gasteiger partial charge in [-0.25, -0.2) is 0 Å². The largest absolute Gasteiger partial charge is 0.380 e. The molecule has 2 aliphatic carbocycles. The van der Waals surface area contributed by atoms with Crippen molar-refractivity contribution in [1.82, 2.24) is 0 Å². The minimum Gasteiger partial charge on any atom is -0.194 e. The Balaban J connectivity index is 1.66. The molecule has 2 aromatic carbocycles. The average Bonchev–Trinajstić information content (AvgIpc) is 3.39. The molecule has 0 N–H and O–H groups in total. The lowest BCUT2D eigenvalue weighted by molar-refractivity contribution is -0.258. The van der Waals surface area contributed by atoms with E-state index in [2.05, 4.69) is 0 Å². The fraction of sp³-hybridized carbons (Fsp3) is 0.259. The number of rotatable bonds is 2. The molecular formula is C27H16Cl2F6S2. The molecule has 192 valence electrons. The standard InChI is InChI=1S/C27H16Cl2F6S2/c1-23-17(11-19(36-23)13-5-3-7-15(28)9-13)21-22(26(32,33)27(34,35)25(21,30)31)18-12-20(37-24(18,23)2)14-6-4-8-16(29)10-14/h3-12H,1-2H3. The van der Waals surface area contributed by atoms with Crippen LogP contribution in [0.3, 0.4) is 0 Å². The van der Waals surface area contributed by atoms with Crippen LogP contribution in [-0.2, 0) is 0 Å². The van der Waals surface area contributed by atoms with Crippen molar-refractivity contribution < 1.29 is 26.3 Å². The van der Waals surface area contributed by atoms with E-state index in [1.54, 1.807) is 62.4 Å². The molecule has 4 aliphatic rings. The van der Waals surface area contributed by atoms with Crippen LogP contribution >= 0.6 is 46.7 Å². The van der Waals surface area contributed by atoms with Gasteiger partial charge in [0.2, 0.25) is 0 Å². The fourth-order valence-electron chi connectivity index (χ4n) is 5.48. The van der Waals surface area contributed by atoms with Crippen molar-refractivity contribution >= 4 is 56.5 Å². The topological polar surface area (TPSA) is 0 Å². The van der Waals surface area contributed by atoms with Gasteiger partial charge in [0.1, 0.15) is 0 Å². The summed E-state index contributed by atoms with van der Waals surface area (Å²) in [6.07, 6.45) is 2.69. The van der Waals surface area contributed by atoms with Crippen molar-refractivity contribution in [3.63, 3.8) is 0 Å². The third-order valence-electron chi connectivity index (χ3n) is 7.54. The van der Waals surface area contributed by atoms with Crippen molar-refractivity contribution in [2.75, 3.05) is 0 Å². The lowest BCUT2D eigenvalue weighted by Gasteiger charge is -2.47. The Morgan fingerprint density at radius 3 is 1.35 bits per heavy atom. The number of alkyl halides is 6. The summed E-state index contributed by atoms with van der Waals surface area (Å²) in [4.78, 5) is 0.973. The van der Waals surface area contributed by atoms with Gasteiger partial charge >= 0.3 is 17.8 Å². The molecule has 1 saturated carbocycles. The highest BCUT2D eigenvalue weighted by Crippen LogP contribution is 2.75. The third-order valence-corrected chi connectivity index (χ3v) is 11.4. The molecule has 0 nitrogen and oxygen atoms in total. The van der Waals surface area contributed by atoms with Crippen molar-refractivity contribution in [3.8, 4) is 0 Å². The Kier molecular flexibility index (Phi) is 5.30. The maximum absolute atomic E-state index is 15.4. The minimum atomic E-state index is -5.59. The zero-order chi connectivity index (χ0) is 26.8. The predicted octanol–water partition coefficient (Wildman–Crippen LogP) is 9.91. The number of hydrogen-bond donors (Lipinski definition) is 0. The minimum absolute atomic E-state index is 0.219. The number of allylic oxidation sites excluding steroid dienone is 4. The molecule has 0 bridgehead atoms. The molecule has 0 spiro atoms. The van der Waals surface area contributed by atoms with E-state index in [1.807, 2.05) is 0 Å². The van der Waals surface area contributed by atoms with Crippen molar-refractivity contribution in [2.45, 2.75) is 41.1 Å². The maximum Gasteiger partial charge on any atom is 0.380 e. The highest BCUT2D eigenvalue weighted by molar-refractivity contribution is 8.14. The quantitative estimate of drug-likeness (QED) is 0.320. The van der Waals surface area contributed by atoms with Gasteiger partial charge < -0.3 is 0 Å². The number of thioether (sulfide) groups is 2. The lowest BCUT2D eigenvalue weighted by Crippen LogP contribution is -2.48. The second kappa shape index (κ2) is 7.68. The van der Waals surface area contributed by atoms with Crippen LogP contribution in [0, 0.1) is 0 Å². The molecule has 10 heteroatoms. The second-order valence-corrected chi connectivity index (χ2v) is 13.4. The molecule has 0 aromatic heterocycles. The summed E-state index contributed by atoms with van der Waals surface area (Å²) in [7, 11) is 0. The summed E-state index contributed by atoms with van der Waals surface area (Å²) in [6, 6.07) is 13.3. The first-order valence-corrected chi connectivity index (χ1v) is 13.5. The van der Waals surface area contributed by atoms with Crippen LogP contribution in [0.1, 0.15) is 25.0 Å². The van der Waals surface area contributed by atoms with Gasteiger partial charge in [-0.3, -0.25) is 0 Å². The Morgan fingerprint density at radius 2 is 1.00 bits per heavy atom. The van der Waals surface area contributed by atoms with E-state index in [0.29, 0.717) is 31.0 Å². The number of hydrogen-bond acceptors (Lipinski definition) is 2. The predicted molar refractivity (Wildman–Crippen MR) is 140 cm³/mol. The summed E-state index contributed by atoms with van der Waals surface area (Å²) in [6.45, 7) is 3.30. The summed E-state index contributed by atoms with van der Waals surface area (Å²) in [5, 5.41) is 0.790. The van der Waals surface area contributed by atoms with Gasteiger partial charge in [0.25, 0.3) is 0 Å². The van der Waals surface area contributed by atoms with Gasteiger partial charge in [0.05, 0.1) is 9.49 Å². The van der Waals surface area contributed by atoms with E-state index < -0.39 is 38.4 Å². The SMILES string of the molecule is CC12SC(c3cccc(Cl)c3)=CC1=C1C(=C3C=C(c4cccc(Cl)c4)SC32C)C(F)(F)C(F)(F)C1(F)F. The van der Waals surface area contributed by atoms with Crippen LogP contribution in [0.5, 0.6) is 0 Å². The average molecular weight is 589 g/mol. The second-order valence-electron chi connectivity index (χ2n) is 9.61.